The highest BCUT2D eigenvalue weighted by molar-refractivity contribution is 6.30. The number of amides is 1. The third kappa shape index (κ3) is 6.12. The summed E-state index contributed by atoms with van der Waals surface area (Å²) >= 11 is 5.75. The SMILES string of the molecule is CC(Oc1ccc(Cl)cc1)C(=O)N(Cc1ccccc1[N+](=O)[O-])CC(F)(F)F. The van der Waals surface area contributed by atoms with Gasteiger partial charge in [0.2, 0.25) is 0 Å². The van der Waals surface area contributed by atoms with Crippen LogP contribution in [0.15, 0.2) is 48.5 Å². The van der Waals surface area contributed by atoms with Crippen molar-refractivity contribution >= 4 is 23.2 Å². The van der Waals surface area contributed by atoms with Crippen molar-refractivity contribution in [1.82, 2.24) is 4.90 Å². The smallest absolute Gasteiger partial charge is 0.406 e. The lowest BCUT2D eigenvalue weighted by Crippen LogP contribution is -2.44. The van der Waals surface area contributed by atoms with E-state index in [9.17, 15) is 28.1 Å². The zero-order valence-corrected chi connectivity index (χ0v) is 15.4. The molecule has 0 N–H and O–H groups in total. The predicted molar refractivity (Wildman–Crippen MR) is 96.1 cm³/mol. The summed E-state index contributed by atoms with van der Waals surface area (Å²) in [6, 6.07) is 11.3. The number of benzene rings is 2. The minimum Gasteiger partial charge on any atom is -0.481 e. The fourth-order valence-corrected chi connectivity index (χ4v) is 2.61. The average molecular weight is 417 g/mol. The summed E-state index contributed by atoms with van der Waals surface area (Å²) in [5, 5.41) is 11.5. The van der Waals surface area contributed by atoms with E-state index in [1.165, 1.54) is 55.5 Å². The number of hydrogen-bond acceptors (Lipinski definition) is 4. The monoisotopic (exact) mass is 416 g/mol. The van der Waals surface area contributed by atoms with Crippen molar-refractivity contribution in [3.05, 3.63) is 69.2 Å². The Morgan fingerprint density at radius 3 is 2.39 bits per heavy atom. The number of ether oxygens (including phenoxy) is 1. The van der Waals surface area contributed by atoms with Gasteiger partial charge in [-0.1, -0.05) is 29.8 Å². The van der Waals surface area contributed by atoms with Crippen LogP contribution in [0.4, 0.5) is 18.9 Å². The van der Waals surface area contributed by atoms with Crippen LogP contribution in [0.3, 0.4) is 0 Å². The molecule has 1 atom stereocenters. The van der Waals surface area contributed by atoms with Crippen LogP contribution in [0.1, 0.15) is 12.5 Å². The van der Waals surface area contributed by atoms with E-state index in [1.807, 2.05) is 0 Å². The normalized spacial score (nSPS) is 12.3. The lowest BCUT2D eigenvalue weighted by molar-refractivity contribution is -0.385. The number of halogens is 4. The molecule has 28 heavy (non-hydrogen) atoms. The van der Waals surface area contributed by atoms with Gasteiger partial charge in [-0.05, 0) is 31.2 Å². The number of nitrogens with zero attached hydrogens (tertiary/aromatic N) is 2. The topological polar surface area (TPSA) is 72.7 Å². The quantitative estimate of drug-likeness (QED) is 0.488. The van der Waals surface area contributed by atoms with Crippen molar-refractivity contribution in [2.75, 3.05) is 6.54 Å². The molecule has 0 saturated heterocycles. The maximum Gasteiger partial charge on any atom is 0.406 e. The van der Waals surface area contributed by atoms with Gasteiger partial charge in [0.15, 0.2) is 6.10 Å². The van der Waals surface area contributed by atoms with Gasteiger partial charge in [-0.15, -0.1) is 0 Å². The van der Waals surface area contributed by atoms with Gasteiger partial charge in [-0.2, -0.15) is 13.2 Å². The largest absolute Gasteiger partial charge is 0.481 e. The van der Waals surface area contributed by atoms with Crippen LogP contribution < -0.4 is 4.74 Å². The number of alkyl halides is 3. The molecule has 1 unspecified atom stereocenters. The summed E-state index contributed by atoms with van der Waals surface area (Å²) in [7, 11) is 0. The maximum atomic E-state index is 13.0. The van der Waals surface area contributed by atoms with Crippen molar-refractivity contribution in [1.29, 1.82) is 0 Å². The molecule has 2 aromatic rings. The van der Waals surface area contributed by atoms with Crippen LogP contribution in [0, 0.1) is 10.1 Å². The van der Waals surface area contributed by atoms with Crippen molar-refractivity contribution in [2.45, 2.75) is 25.7 Å². The summed E-state index contributed by atoms with van der Waals surface area (Å²) in [6.45, 7) is -0.838. The second-order valence-electron chi connectivity index (χ2n) is 5.91. The number of hydrogen-bond donors (Lipinski definition) is 0. The van der Waals surface area contributed by atoms with Crippen molar-refractivity contribution in [2.24, 2.45) is 0 Å². The summed E-state index contributed by atoms with van der Waals surface area (Å²) in [5.74, 6) is -0.701. The fourth-order valence-electron chi connectivity index (χ4n) is 2.48. The molecule has 0 aliphatic heterocycles. The zero-order chi connectivity index (χ0) is 20.9. The Balaban J connectivity index is 2.23. The van der Waals surface area contributed by atoms with E-state index >= 15 is 0 Å². The number of nitro benzene ring substituents is 1. The Morgan fingerprint density at radius 2 is 1.82 bits per heavy atom. The van der Waals surface area contributed by atoms with E-state index in [0.717, 1.165) is 0 Å². The molecule has 0 heterocycles. The van der Waals surface area contributed by atoms with Crippen molar-refractivity contribution in [3.63, 3.8) is 0 Å². The van der Waals surface area contributed by atoms with Gasteiger partial charge in [0, 0.05) is 16.7 Å². The molecular weight excluding hydrogens is 401 g/mol. The standard InChI is InChI=1S/C18H16ClF3N2O4/c1-12(28-15-8-6-14(19)7-9-15)17(25)23(11-18(20,21)22)10-13-4-2-3-5-16(13)24(26)27/h2-9,12H,10-11H2,1H3. The Bertz CT molecular complexity index is 843. The first-order valence-electron chi connectivity index (χ1n) is 8.07. The molecule has 150 valence electrons. The lowest BCUT2D eigenvalue weighted by atomic mass is 10.1. The molecule has 0 bridgehead atoms. The highest BCUT2D eigenvalue weighted by atomic mass is 35.5. The number of para-hydroxylation sites is 1. The Hall–Kier alpha value is -2.81. The van der Waals surface area contributed by atoms with Crippen LogP contribution in [-0.4, -0.2) is 34.6 Å². The first-order valence-corrected chi connectivity index (χ1v) is 8.44. The Labute approximate surface area is 163 Å². The van der Waals surface area contributed by atoms with E-state index in [1.54, 1.807) is 0 Å². The van der Waals surface area contributed by atoms with Crippen molar-refractivity contribution in [3.8, 4) is 5.75 Å². The third-order valence-corrected chi connectivity index (χ3v) is 3.96. The molecule has 6 nitrogen and oxygen atoms in total. The zero-order valence-electron chi connectivity index (χ0n) is 14.6. The van der Waals surface area contributed by atoms with Gasteiger partial charge in [-0.3, -0.25) is 14.9 Å². The van der Waals surface area contributed by atoms with Gasteiger partial charge in [0.05, 0.1) is 11.5 Å². The molecule has 2 rings (SSSR count). The molecule has 0 radical (unpaired) electrons. The number of nitro groups is 1. The molecule has 0 spiro atoms. The average Bonchev–Trinajstić information content (AvgIpc) is 2.61. The Morgan fingerprint density at radius 1 is 1.21 bits per heavy atom. The second-order valence-corrected chi connectivity index (χ2v) is 6.35. The first kappa shape index (κ1) is 21.5. The number of carbonyl (C=O) groups excluding carboxylic acids is 1. The van der Waals surface area contributed by atoms with Gasteiger partial charge in [-0.25, -0.2) is 0 Å². The molecule has 1 amide bonds. The second kappa shape index (κ2) is 8.92. The molecule has 0 saturated carbocycles. The lowest BCUT2D eigenvalue weighted by Gasteiger charge is -2.27. The van der Waals surface area contributed by atoms with Crippen molar-refractivity contribution < 1.29 is 27.6 Å². The highest BCUT2D eigenvalue weighted by Crippen LogP contribution is 2.24. The number of rotatable bonds is 7. The van der Waals surface area contributed by atoms with E-state index in [-0.39, 0.29) is 17.0 Å². The van der Waals surface area contributed by atoms with Gasteiger partial charge >= 0.3 is 6.18 Å². The third-order valence-electron chi connectivity index (χ3n) is 3.71. The van der Waals surface area contributed by atoms with Gasteiger partial charge in [0.25, 0.3) is 11.6 Å². The molecule has 0 aliphatic carbocycles. The van der Waals surface area contributed by atoms with E-state index in [0.29, 0.717) is 9.92 Å². The molecule has 2 aromatic carbocycles. The summed E-state index contributed by atoms with van der Waals surface area (Å²) < 4.78 is 44.3. The van der Waals surface area contributed by atoms with Gasteiger partial charge < -0.3 is 9.64 Å². The summed E-state index contributed by atoms with van der Waals surface area (Å²) in [6.07, 6.45) is -5.93. The minimum atomic E-state index is -4.68. The molecule has 10 heteroatoms. The van der Waals surface area contributed by atoms with Crippen LogP contribution in [0.2, 0.25) is 5.02 Å². The Kier molecular flexibility index (Phi) is 6.85. The first-order chi connectivity index (χ1) is 13.1. The number of carbonyl (C=O) groups is 1. The molecule has 0 aromatic heterocycles. The molecule has 0 fully saturated rings. The van der Waals surface area contributed by atoms with E-state index < -0.39 is 36.2 Å². The van der Waals surface area contributed by atoms with E-state index in [4.69, 9.17) is 16.3 Å². The molecule has 0 aliphatic rings. The minimum absolute atomic E-state index is 0.0104. The van der Waals surface area contributed by atoms with Crippen LogP contribution in [-0.2, 0) is 11.3 Å². The summed E-state index contributed by atoms with van der Waals surface area (Å²) in [5.41, 5.74) is -0.377. The van der Waals surface area contributed by atoms with Gasteiger partial charge in [0.1, 0.15) is 12.3 Å². The van der Waals surface area contributed by atoms with Crippen LogP contribution in [0.25, 0.3) is 0 Å². The predicted octanol–water partition coefficient (Wildman–Crippen LogP) is 4.61. The van der Waals surface area contributed by atoms with Crippen LogP contribution >= 0.6 is 11.6 Å². The van der Waals surface area contributed by atoms with Crippen LogP contribution in [0.5, 0.6) is 5.75 Å². The molecular formula is C18H16ClF3N2O4. The summed E-state index contributed by atoms with van der Waals surface area (Å²) in [4.78, 5) is 23.5. The highest BCUT2D eigenvalue weighted by Gasteiger charge is 2.36. The fraction of sp³-hybridized carbons (Fsp3) is 0.278. The maximum absolute atomic E-state index is 13.0. The van der Waals surface area contributed by atoms with E-state index in [2.05, 4.69) is 0 Å².